The highest BCUT2D eigenvalue weighted by Gasteiger charge is 2.15. The summed E-state index contributed by atoms with van der Waals surface area (Å²) >= 11 is 1.10. The van der Waals surface area contributed by atoms with Gasteiger partial charge < -0.3 is 9.84 Å². The lowest BCUT2D eigenvalue weighted by Gasteiger charge is -2.05. The number of carbonyl (C=O) groups is 1. The number of rotatable bonds is 4. The van der Waals surface area contributed by atoms with Gasteiger partial charge in [-0.15, -0.1) is 11.3 Å². The molecule has 2 rings (SSSR count). The van der Waals surface area contributed by atoms with Crippen LogP contribution < -0.4 is 4.74 Å². The van der Waals surface area contributed by atoms with Gasteiger partial charge in [0.15, 0.2) is 16.5 Å². The SMILES string of the molecule is Cc1cc(OCc2ccc(F)c(F)c2)c(C(=O)O)s1. The molecule has 1 heterocycles. The van der Waals surface area contributed by atoms with E-state index < -0.39 is 17.6 Å². The van der Waals surface area contributed by atoms with Gasteiger partial charge in [-0.25, -0.2) is 13.6 Å². The van der Waals surface area contributed by atoms with E-state index in [1.165, 1.54) is 6.07 Å². The van der Waals surface area contributed by atoms with Crippen LogP contribution in [0.2, 0.25) is 0 Å². The largest absolute Gasteiger partial charge is 0.487 e. The van der Waals surface area contributed by atoms with Crippen molar-refractivity contribution in [3.8, 4) is 5.75 Å². The first-order valence-corrected chi connectivity index (χ1v) is 6.19. The Labute approximate surface area is 112 Å². The Hall–Kier alpha value is -1.95. The molecule has 0 aliphatic rings. The lowest BCUT2D eigenvalue weighted by Crippen LogP contribution is -2.00. The fourth-order valence-electron chi connectivity index (χ4n) is 1.54. The van der Waals surface area contributed by atoms with E-state index in [1.54, 1.807) is 13.0 Å². The van der Waals surface area contributed by atoms with Crippen LogP contribution in [0.15, 0.2) is 24.3 Å². The van der Waals surface area contributed by atoms with Crippen molar-refractivity contribution in [2.45, 2.75) is 13.5 Å². The van der Waals surface area contributed by atoms with E-state index in [1.807, 2.05) is 0 Å². The lowest BCUT2D eigenvalue weighted by atomic mass is 10.2. The summed E-state index contributed by atoms with van der Waals surface area (Å²) in [6.07, 6.45) is 0. The Morgan fingerprint density at radius 2 is 2.05 bits per heavy atom. The maximum absolute atomic E-state index is 13.0. The second-order valence-electron chi connectivity index (χ2n) is 3.89. The summed E-state index contributed by atoms with van der Waals surface area (Å²) in [7, 11) is 0. The second-order valence-corrected chi connectivity index (χ2v) is 5.15. The first kappa shape index (κ1) is 13.5. The zero-order chi connectivity index (χ0) is 14.0. The summed E-state index contributed by atoms with van der Waals surface area (Å²) < 4.78 is 31.1. The molecule has 1 aromatic carbocycles. The zero-order valence-corrected chi connectivity index (χ0v) is 10.8. The van der Waals surface area contributed by atoms with E-state index in [4.69, 9.17) is 9.84 Å². The number of halogens is 2. The maximum atomic E-state index is 13.0. The summed E-state index contributed by atoms with van der Waals surface area (Å²) in [6.45, 7) is 1.75. The third-order valence-electron chi connectivity index (χ3n) is 2.39. The van der Waals surface area contributed by atoms with Crippen molar-refractivity contribution < 1.29 is 23.4 Å². The van der Waals surface area contributed by atoms with Crippen LogP contribution in [0.3, 0.4) is 0 Å². The van der Waals surface area contributed by atoms with Crippen molar-refractivity contribution in [3.05, 3.63) is 51.2 Å². The molecule has 1 N–H and O–H groups in total. The minimum absolute atomic E-state index is 0.0202. The van der Waals surface area contributed by atoms with Crippen LogP contribution in [0.1, 0.15) is 20.1 Å². The predicted octanol–water partition coefficient (Wildman–Crippen LogP) is 3.61. The topological polar surface area (TPSA) is 46.5 Å². The summed E-state index contributed by atoms with van der Waals surface area (Å²) in [4.78, 5) is 11.9. The van der Waals surface area contributed by atoms with E-state index in [2.05, 4.69) is 0 Å². The van der Waals surface area contributed by atoms with Crippen LogP contribution in [0.5, 0.6) is 5.75 Å². The maximum Gasteiger partial charge on any atom is 0.349 e. The van der Waals surface area contributed by atoms with Gasteiger partial charge in [0.1, 0.15) is 12.4 Å². The molecular formula is C13H10F2O3S. The minimum Gasteiger partial charge on any atom is -0.487 e. The van der Waals surface area contributed by atoms with Crippen molar-refractivity contribution in [1.82, 2.24) is 0 Å². The first-order chi connectivity index (χ1) is 8.97. The van der Waals surface area contributed by atoms with E-state index in [-0.39, 0.29) is 17.2 Å². The van der Waals surface area contributed by atoms with Gasteiger partial charge in [0.25, 0.3) is 0 Å². The molecule has 0 unspecified atom stereocenters. The number of benzene rings is 1. The number of carboxylic acids is 1. The highest BCUT2D eigenvalue weighted by atomic mass is 32.1. The number of thiophene rings is 1. The highest BCUT2D eigenvalue weighted by molar-refractivity contribution is 7.14. The fourth-order valence-corrected chi connectivity index (χ4v) is 2.33. The molecule has 0 aliphatic heterocycles. The molecule has 0 saturated heterocycles. The smallest absolute Gasteiger partial charge is 0.349 e. The number of ether oxygens (including phenoxy) is 1. The highest BCUT2D eigenvalue weighted by Crippen LogP contribution is 2.29. The van der Waals surface area contributed by atoms with Gasteiger partial charge in [-0.1, -0.05) is 6.07 Å². The standard InChI is InChI=1S/C13H10F2O3S/c1-7-4-11(12(19-7)13(16)17)18-6-8-2-3-9(14)10(15)5-8/h2-5H,6H2,1H3,(H,16,17). The van der Waals surface area contributed by atoms with Gasteiger partial charge in [0, 0.05) is 4.88 Å². The van der Waals surface area contributed by atoms with Gasteiger partial charge >= 0.3 is 5.97 Å². The number of hydrogen-bond acceptors (Lipinski definition) is 3. The van der Waals surface area contributed by atoms with Crippen LogP contribution >= 0.6 is 11.3 Å². The molecule has 100 valence electrons. The number of carboxylic acid groups (broad SMARTS) is 1. The average molecular weight is 284 g/mol. The van der Waals surface area contributed by atoms with Crippen LogP contribution in [-0.4, -0.2) is 11.1 Å². The van der Waals surface area contributed by atoms with E-state index in [9.17, 15) is 13.6 Å². The van der Waals surface area contributed by atoms with Crippen LogP contribution in [0, 0.1) is 18.6 Å². The lowest BCUT2D eigenvalue weighted by molar-refractivity contribution is 0.0697. The van der Waals surface area contributed by atoms with E-state index >= 15 is 0 Å². The summed E-state index contributed by atoms with van der Waals surface area (Å²) in [5.41, 5.74) is 0.430. The minimum atomic E-state index is -1.07. The van der Waals surface area contributed by atoms with Crippen molar-refractivity contribution in [2.24, 2.45) is 0 Å². The summed E-state index contributed by atoms with van der Waals surface area (Å²) in [6, 6.07) is 5.02. The monoisotopic (exact) mass is 284 g/mol. The molecule has 0 fully saturated rings. The predicted molar refractivity (Wildman–Crippen MR) is 66.7 cm³/mol. The third kappa shape index (κ3) is 3.08. The Bertz CT molecular complexity index is 622. The van der Waals surface area contributed by atoms with Crippen LogP contribution in [-0.2, 0) is 6.61 Å². The number of hydrogen-bond donors (Lipinski definition) is 1. The normalized spacial score (nSPS) is 10.5. The Kier molecular flexibility index (Phi) is 3.80. The van der Waals surface area contributed by atoms with Crippen LogP contribution in [0.4, 0.5) is 8.78 Å². The van der Waals surface area contributed by atoms with E-state index in [0.29, 0.717) is 5.56 Å². The molecule has 0 amide bonds. The molecule has 0 radical (unpaired) electrons. The molecule has 1 aromatic heterocycles. The fraction of sp³-hybridized carbons (Fsp3) is 0.154. The Morgan fingerprint density at radius 1 is 1.32 bits per heavy atom. The summed E-state index contributed by atoms with van der Waals surface area (Å²) in [5, 5.41) is 8.98. The average Bonchev–Trinajstić information content (AvgIpc) is 2.72. The quantitative estimate of drug-likeness (QED) is 0.933. The first-order valence-electron chi connectivity index (χ1n) is 5.38. The van der Waals surface area contributed by atoms with Crippen molar-refractivity contribution in [3.63, 3.8) is 0 Å². The van der Waals surface area contributed by atoms with Crippen molar-refractivity contribution in [2.75, 3.05) is 0 Å². The van der Waals surface area contributed by atoms with E-state index in [0.717, 1.165) is 28.3 Å². The molecule has 0 atom stereocenters. The third-order valence-corrected chi connectivity index (χ3v) is 3.41. The van der Waals surface area contributed by atoms with Gasteiger partial charge in [0.05, 0.1) is 0 Å². The zero-order valence-electron chi connectivity index (χ0n) is 9.94. The molecular weight excluding hydrogens is 274 g/mol. The molecule has 6 heteroatoms. The van der Waals surface area contributed by atoms with Gasteiger partial charge in [-0.3, -0.25) is 0 Å². The van der Waals surface area contributed by atoms with Crippen molar-refractivity contribution in [1.29, 1.82) is 0 Å². The van der Waals surface area contributed by atoms with Gasteiger partial charge in [-0.05, 0) is 30.7 Å². The molecule has 3 nitrogen and oxygen atoms in total. The van der Waals surface area contributed by atoms with Gasteiger partial charge in [0.2, 0.25) is 0 Å². The van der Waals surface area contributed by atoms with Gasteiger partial charge in [-0.2, -0.15) is 0 Å². The molecule has 2 aromatic rings. The Balaban J connectivity index is 2.14. The molecule has 0 spiro atoms. The summed E-state index contributed by atoms with van der Waals surface area (Å²) in [5.74, 6) is -2.72. The Morgan fingerprint density at radius 3 is 2.68 bits per heavy atom. The molecule has 19 heavy (non-hydrogen) atoms. The van der Waals surface area contributed by atoms with Crippen molar-refractivity contribution >= 4 is 17.3 Å². The number of aryl methyl sites for hydroxylation is 1. The molecule has 0 saturated carbocycles. The molecule has 0 bridgehead atoms. The second kappa shape index (κ2) is 5.36. The molecule has 0 aliphatic carbocycles. The number of aromatic carboxylic acids is 1. The van der Waals surface area contributed by atoms with Crippen LogP contribution in [0.25, 0.3) is 0 Å².